The predicted octanol–water partition coefficient (Wildman–Crippen LogP) is 12.0. The highest BCUT2D eigenvalue weighted by Crippen LogP contribution is 2.43. The molecule has 0 atom stereocenters. The van der Waals surface area contributed by atoms with E-state index < -0.39 is 0 Å². The SMILES string of the molecule is C=C(/C=C\c1c(C)c(-c2ccc3ccccc3c2)c2ccccc2c1-c1ccc2ccccc2c1)c1cccc(-c2ccncc2)n1. The Morgan fingerprint density at radius 2 is 1.13 bits per heavy atom. The van der Waals surface area contributed by atoms with Crippen LogP contribution in [-0.2, 0) is 0 Å². The van der Waals surface area contributed by atoms with E-state index in [1.54, 1.807) is 12.4 Å². The van der Waals surface area contributed by atoms with Gasteiger partial charge < -0.3 is 0 Å². The van der Waals surface area contributed by atoms with Crippen molar-refractivity contribution in [3.63, 3.8) is 0 Å². The zero-order chi connectivity index (χ0) is 31.7. The molecular formula is C45H32N2. The number of rotatable bonds is 6. The van der Waals surface area contributed by atoms with E-state index in [0.29, 0.717) is 0 Å². The molecule has 0 saturated carbocycles. The molecule has 2 heterocycles. The third-order valence-corrected chi connectivity index (χ3v) is 9.10. The van der Waals surface area contributed by atoms with Crippen LogP contribution in [0.3, 0.4) is 0 Å². The van der Waals surface area contributed by atoms with Crippen LogP contribution in [0, 0.1) is 6.92 Å². The number of benzene rings is 6. The van der Waals surface area contributed by atoms with Crippen LogP contribution in [-0.4, -0.2) is 9.97 Å². The highest BCUT2D eigenvalue weighted by atomic mass is 14.7. The lowest BCUT2D eigenvalue weighted by Crippen LogP contribution is -1.96. The molecule has 0 bridgehead atoms. The van der Waals surface area contributed by atoms with Crippen LogP contribution in [0.1, 0.15) is 16.8 Å². The Labute approximate surface area is 275 Å². The summed E-state index contributed by atoms with van der Waals surface area (Å²) < 4.78 is 0. The molecule has 6 aromatic carbocycles. The number of hydrogen-bond acceptors (Lipinski definition) is 2. The number of nitrogens with zero attached hydrogens (tertiary/aromatic N) is 2. The molecule has 2 aromatic heterocycles. The van der Waals surface area contributed by atoms with Crippen molar-refractivity contribution >= 4 is 44.0 Å². The summed E-state index contributed by atoms with van der Waals surface area (Å²) in [6, 6.07) is 49.6. The molecule has 8 rings (SSSR count). The van der Waals surface area contributed by atoms with E-state index in [-0.39, 0.29) is 0 Å². The van der Waals surface area contributed by atoms with Crippen molar-refractivity contribution in [2.75, 3.05) is 0 Å². The van der Waals surface area contributed by atoms with E-state index in [4.69, 9.17) is 4.98 Å². The first-order chi connectivity index (χ1) is 23.1. The fraction of sp³-hybridized carbons (Fsp3) is 0.0222. The summed E-state index contributed by atoms with van der Waals surface area (Å²) in [5.74, 6) is 0. The molecule has 47 heavy (non-hydrogen) atoms. The summed E-state index contributed by atoms with van der Waals surface area (Å²) >= 11 is 0. The van der Waals surface area contributed by atoms with Crippen molar-refractivity contribution in [1.82, 2.24) is 9.97 Å². The van der Waals surface area contributed by atoms with Crippen molar-refractivity contribution in [1.29, 1.82) is 0 Å². The van der Waals surface area contributed by atoms with Gasteiger partial charge in [0.25, 0.3) is 0 Å². The van der Waals surface area contributed by atoms with Crippen LogP contribution in [0.2, 0.25) is 0 Å². The van der Waals surface area contributed by atoms with Gasteiger partial charge in [0.1, 0.15) is 0 Å². The van der Waals surface area contributed by atoms with E-state index in [0.717, 1.165) is 22.5 Å². The van der Waals surface area contributed by atoms with Gasteiger partial charge in [0.15, 0.2) is 0 Å². The monoisotopic (exact) mass is 600 g/mol. The van der Waals surface area contributed by atoms with Gasteiger partial charge in [-0.25, -0.2) is 4.98 Å². The summed E-state index contributed by atoms with van der Waals surface area (Å²) in [6.07, 6.45) is 7.94. The van der Waals surface area contributed by atoms with Crippen molar-refractivity contribution in [3.8, 4) is 33.5 Å². The Kier molecular flexibility index (Phi) is 7.24. The van der Waals surface area contributed by atoms with Crippen molar-refractivity contribution in [2.24, 2.45) is 0 Å². The van der Waals surface area contributed by atoms with E-state index in [9.17, 15) is 0 Å². The van der Waals surface area contributed by atoms with Gasteiger partial charge in [0.05, 0.1) is 11.4 Å². The largest absolute Gasteiger partial charge is 0.265 e. The van der Waals surface area contributed by atoms with Gasteiger partial charge in [-0.15, -0.1) is 0 Å². The third-order valence-electron chi connectivity index (χ3n) is 9.10. The molecule has 0 aliphatic carbocycles. The number of hydrogen-bond donors (Lipinski definition) is 0. The molecule has 0 radical (unpaired) electrons. The lowest BCUT2D eigenvalue weighted by Gasteiger charge is -2.20. The number of pyridine rings is 2. The van der Waals surface area contributed by atoms with Crippen LogP contribution in [0.25, 0.3) is 77.5 Å². The van der Waals surface area contributed by atoms with Gasteiger partial charge in [-0.2, -0.15) is 0 Å². The summed E-state index contributed by atoms with van der Waals surface area (Å²) in [5.41, 5.74) is 10.9. The molecule has 222 valence electrons. The molecule has 0 aliphatic rings. The average Bonchev–Trinajstić information content (AvgIpc) is 3.13. The zero-order valence-corrected chi connectivity index (χ0v) is 26.2. The van der Waals surface area contributed by atoms with E-state index in [2.05, 4.69) is 140 Å². The van der Waals surface area contributed by atoms with Crippen LogP contribution in [0.5, 0.6) is 0 Å². The molecule has 0 saturated heterocycles. The molecule has 0 amide bonds. The normalized spacial score (nSPS) is 11.5. The van der Waals surface area contributed by atoms with Crippen molar-refractivity contribution in [2.45, 2.75) is 6.92 Å². The highest BCUT2D eigenvalue weighted by molar-refractivity contribution is 6.11. The molecule has 0 fully saturated rings. The first-order valence-electron chi connectivity index (χ1n) is 15.9. The lowest BCUT2D eigenvalue weighted by atomic mass is 9.83. The zero-order valence-electron chi connectivity index (χ0n) is 26.2. The Morgan fingerprint density at radius 3 is 1.79 bits per heavy atom. The Balaban J connectivity index is 1.34. The van der Waals surface area contributed by atoms with Gasteiger partial charge >= 0.3 is 0 Å². The third kappa shape index (κ3) is 5.30. The summed E-state index contributed by atoms with van der Waals surface area (Å²) in [7, 11) is 0. The van der Waals surface area contributed by atoms with E-state index in [1.165, 1.54) is 65.7 Å². The number of allylic oxidation sites excluding steroid dienone is 2. The second-order valence-electron chi connectivity index (χ2n) is 12.0. The second kappa shape index (κ2) is 12.0. The van der Waals surface area contributed by atoms with Gasteiger partial charge in [-0.3, -0.25) is 4.98 Å². The molecule has 0 spiro atoms. The van der Waals surface area contributed by atoms with Gasteiger partial charge in [-0.1, -0.05) is 122 Å². The van der Waals surface area contributed by atoms with Crippen molar-refractivity contribution < 1.29 is 0 Å². The maximum atomic E-state index is 4.96. The van der Waals surface area contributed by atoms with Crippen LogP contribution >= 0.6 is 0 Å². The van der Waals surface area contributed by atoms with Gasteiger partial charge in [0.2, 0.25) is 0 Å². The maximum Gasteiger partial charge on any atom is 0.0710 e. The Hall–Kier alpha value is -6.12. The fourth-order valence-corrected chi connectivity index (χ4v) is 6.74. The van der Waals surface area contributed by atoms with Gasteiger partial charge in [-0.05, 0) is 115 Å². The minimum absolute atomic E-state index is 0.844. The number of fused-ring (bicyclic) bond motifs is 3. The lowest BCUT2D eigenvalue weighted by molar-refractivity contribution is 1.26. The fourth-order valence-electron chi connectivity index (χ4n) is 6.74. The first kappa shape index (κ1) is 28.4. The summed E-state index contributed by atoms with van der Waals surface area (Å²) in [5, 5.41) is 7.39. The second-order valence-corrected chi connectivity index (χ2v) is 12.0. The number of aromatic nitrogens is 2. The Morgan fingerprint density at radius 1 is 0.553 bits per heavy atom. The molecule has 2 nitrogen and oxygen atoms in total. The van der Waals surface area contributed by atoms with Crippen LogP contribution in [0.4, 0.5) is 0 Å². The maximum absolute atomic E-state index is 4.96. The average molecular weight is 601 g/mol. The predicted molar refractivity (Wildman–Crippen MR) is 200 cm³/mol. The quantitative estimate of drug-likeness (QED) is 0.177. The first-order valence-corrected chi connectivity index (χ1v) is 15.9. The minimum atomic E-state index is 0.844. The van der Waals surface area contributed by atoms with E-state index in [1.807, 2.05) is 30.3 Å². The molecule has 2 heteroatoms. The standard InChI is InChI=1S/C45H32N2/c1-30(42-16-9-17-43(47-42)34-24-26-46-27-25-34)18-23-39-31(2)44(37-21-19-32-10-3-5-12-35(32)28-37)40-14-7-8-15-41(40)45(39)38-22-20-33-11-4-6-13-36(33)29-38/h3-29H,1H2,2H3/b23-18-. The molecular weight excluding hydrogens is 569 g/mol. The van der Waals surface area contributed by atoms with Crippen molar-refractivity contribution in [3.05, 3.63) is 181 Å². The summed E-state index contributed by atoms with van der Waals surface area (Å²) in [4.78, 5) is 9.12. The molecule has 0 unspecified atom stereocenters. The summed E-state index contributed by atoms with van der Waals surface area (Å²) in [6.45, 7) is 6.72. The topological polar surface area (TPSA) is 25.8 Å². The smallest absolute Gasteiger partial charge is 0.0710 e. The molecule has 0 N–H and O–H groups in total. The molecule has 0 aliphatic heterocycles. The highest BCUT2D eigenvalue weighted by Gasteiger charge is 2.19. The van der Waals surface area contributed by atoms with Crippen LogP contribution < -0.4 is 0 Å². The minimum Gasteiger partial charge on any atom is -0.265 e. The van der Waals surface area contributed by atoms with E-state index >= 15 is 0 Å². The molecule has 8 aromatic rings. The van der Waals surface area contributed by atoms with Crippen LogP contribution in [0.15, 0.2) is 165 Å². The Bertz CT molecular complexity index is 2490. The van der Waals surface area contributed by atoms with Gasteiger partial charge in [0, 0.05) is 18.0 Å².